The summed E-state index contributed by atoms with van der Waals surface area (Å²) in [5.41, 5.74) is 1.41. The van der Waals surface area contributed by atoms with E-state index in [2.05, 4.69) is 16.6 Å². The number of esters is 1. The van der Waals surface area contributed by atoms with E-state index in [0.717, 1.165) is 5.70 Å². The molecule has 0 radical (unpaired) electrons. The van der Waals surface area contributed by atoms with Gasteiger partial charge in [0.15, 0.2) is 5.88 Å². The molecule has 1 aliphatic rings. The Balaban J connectivity index is 2.95. The third kappa shape index (κ3) is 1.03. The molecule has 10 heavy (non-hydrogen) atoms. The number of rotatable bonds is 0. The van der Waals surface area contributed by atoms with Crippen molar-refractivity contribution in [3.8, 4) is 0 Å². The van der Waals surface area contributed by atoms with Crippen LogP contribution in [-0.4, -0.2) is 5.97 Å². The first kappa shape index (κ1) is 6.86. The number of cyclic esters (lactones) is 1. The summed E-state index contributed by atoms with van der Waals surface area (Å²) in [6.45, 7) is 6.97. The Morgan fingerprint density at radius 2 is 2.10 bits per heavy atom. The zero-order chi connectivity index (χ0) is 7.72. The van der Waals surface area contributed by atoms with Crippen LogP contribution < -0.4 is 5.32 Å². The quantitative estimate of drug-likeness (QED) is 0.507. The first-order valence-electron chi connectivity index (χ1n) is 2.97. The van der Waals surface area contributed by atoms with Gasteiger partial charge in [-0.25, -0.2) is 4.79 Å². The maximum atomic E-state index is 10.8. The zero-order valence-corrected chi connectivity index (χ0v) is 6.02. The molecule has 0 atom stereocenters. The highest BCUT2D eigenvalue weighted by atomic mass is 16.5. The average Bonchev–Trinajstić information content (AvgIpc) is 1.82. The number of ether oxygens (including phenoxy) is 1. The number of carbonyl (C=O) groups is 1. The first-order chi connectivity index (χ1) is 4.61. The summed E-state index contributed by atoms with van der Waals surface area (Å²) in [6.07, 6.45) is 0. The average molecular weight is 139 g/mol. The van der Waals surface area contributed by atoms with E-state index in [0.29, 0.717) is 11.5 Å². The van der Waals surface area contributed by atoms with Crippen LogP contribution in [0.4, 0.5) is 0 Å². The van der Waals surface area contributed by atoms with E-state index in [9.17, 15) is 4.79 Å². The molecule has 0 fully saturated rings. The Labute approximate surface area is 59.4 Å². The van der Waals surface area contributed by atoms with E-state index in [1.165, 1.54) is 0 Å². The van der Waals surface area contributed by atoms with Crippen LogP contribution in [0.2, 0.25) is 0 Å². The van der Waals surface area contributed by atoms with Crippen molar-refractivity contribution in [2.45, 2.75) is 13.8 Å². The third-order valence-electron chi connectivity index (χ3n) is 1.41. The van der Waals surface area contributed by atoms with Gasteiger partial charge in [0.25, 0.3) is 0 Å². The van der Waals surface area contributed by atoms with Gasteiger partial charge in [0.2, 0.25) is 0 Å². The largest absolute Gasteiger partial charge is 0.407 e. The molecular weight excluding hydrogens is 130 g/mol. The van der Waals surface area contributed by atoms with Gasteiger partial charge in [0, 0.05) is 5.70 Å². The summed E-state index contributed by atoms with van der Waals surface area (Å²) in [7, 11) is 0. The lowest BCUT2D eigenvalue weighted by atomic mass is 10.2. The Hall–Kier alpha value is -1.25. The first-order valence-corrected chi connectivity index (χ1v) is 2.97. The van der Waals surface area contributed by atoms with Crippen molar-refractivity contribution in [1.29, 1.82) is 0 Å². The Bertz CT molecular complexity index is 228. The van der Waals surface area contributed by atoms with Gasteiger partial charge in [-0.15, -0.1) is 0 Å². The van der Waals surface area contributed by atoms with E-state index in [4.69, 9.17) is 0 Å². The number of allylic oxidation sites excluding steroid dienone is 1. The summed E-state index contributed by atoms with van der Waals surface area (Å²) in [4.78, 5) is 10.8. The van der Waals surface area contributed by atoms with E-state index in [-0.39, 0.29) is 5.97 Å². The highest BCUT2D eigenvalue weighted by Crippen LogP contribution is 2.11. The molecule has 1 N–H and O–H groups in total. The van der Waals surface area contributed by atoms with Crippen LogP contribution >= 0.6 is 0 Å². The smallest absolute Gasteiger partial charge is 0.342 e. The van der Waals surface area contributed by atoms with E-state index in [1.807, 2.05) is 0 Å². The van der Waals surface area contributed by atoms with Crippen molar-refractivity contribution in [2.75, 3.05) is 0 Å². The highest BCUT2D eigenvalue weighted by molar-refractivity contribution is 5.90. The standard InChI is InChI=1S/C7H9NO2/c1-4-5(2)8-6(3)10-7(4)9/h8H,3H2,1-2H3. The predicted molar refractivity (Wildman–Crippen MR) is 36.7 cm³/mol. The predicted octanol–water partition coefficient (Wildman–Crippen LogP) is 0.898. The molecule has 0 saturated heterocycles. The number of hydrogen-bond acceptors (Lipinski definition) is 3. The maximum Gasteiger partial charge on any atom is 0.342 e. The Kier molecular flexibility index (Phi) is 1.49. The molecule has 0 aliphatic carbocycles. The van der Waals surface area contributed by atoms with Crippen molar-refractivity contribution in [3.63, 3.8) is 0 Å². The minimum Gasteiger partial charge on any atom is -0.407 e. The summed E-state index contributed by atoms with van der Waals surface area (Å²) < 4.78 is 4.67. The van der Waals surface area contributed by atoms with Crippen LogP contribution in [0.3, 0.4) is 0 Å². The molecule has 3 heteroatoms. The van der Waals surface area contributed by atoms with Crippen LogP contribution in [-0.2, 0) is 9.53 Å². The van der Waals surface area contributed by atoms with Crippen LogP contribution in [0.15, 0.2) is 23.7 Å². The van der Waals surface area contributed by atoms with Crippen LogP contribution in [0, 0.1) is 0 Å². The van der Waals surface area contributed by atoms with Gasteiger partial charge in [-0.2, -0.15) is 0 Å². The molecule has 0 aromatic heterocycles. The SMILES string of the molecule is C=C1NC(C)=C(C)C(=O)O1. The minimum atomic E-state index is -0.318. The van der Waals surface area contributed by atoms with E-state index >= 15 is 0 Å². The summed E-state index contributed by atoms with van der Waals surface area (Å²) in [5, 5.41) is 2.80. The second-order valence-corrected chi connectivity index (χ2v) is 2.19. The van der Waals surface area contributed by atoms with Crippen LogP contribution in [0.25, 0.3) is 0 Å². The molecule has 0 bridgehead atoms. The van der Waals surface area contributed by atoms with Crippen LogP contribution in [0.5, 0.6) is 0 Å². The fourth-order valence-corrected chi connectivity index (χ4v) is 0.670. The fourth-order valence-electron chi connectivity index (χ4n) is 0.670. The maximum absolute atomic E-state index is 10.8. The van der Waals surface area contributed by atoms with E-state index < -0.39 is 0 Å². The second kappa shape index (κ2) is 2.17. The lowest BCUT2D eigenvalue weighted by Crippen LogP contribution is -2.25. The molecule has 0 aromatic rings. The number of carbonyl (C=O) groups excluding carboxylic acids is 1. The van der Waals surface area contributed by atoms with Gasteiger partial charge in [-0.05, 0) is 20.4 Å². The minimum absolute atomic E-state index is 0.299. The lowest BCUT2D eigenvalue weighted by Gasteiger charge is -2.17. The summed E-state index contributed by atoms with van der Waals surface area (Å²) in [5.74, 6) is -0.0191. The van der Waals surface area contributed by atoms with Crippen molar-refractivity contribution < 1.29 is 9.53 Å². The number of hydrogen-bond donors (Lipinski definition) is 1. The molecule has 54 valence electrons. The lowest BCUT2D eigenvalue weighted by molar-refractivity contribution is -0.136. The molecule has 0 unspecified atom stereocenters. The highest BCUT2D eigenvalue weighted by Gasteiger charge is 2.16. The van der Waals surface area contributed by atoms with Crippen molar-refractivity contribution in [1.82, 2.24) is 5.32 Å². The zero-order valence-electron chi connectivity index (χ0n) is 6.02. The van der Waals surface area contributed by atoms with Crippen molar-refractivity contribution in [2.24, 2.45) is 0 Å². The molecule has 0 saturated carbocycles. The Morgan fingerprint density at radius 3 is 2.60 bits per heavy atom. The van der Waals surface area contributed by atoms with Gasteiger partial charge < -0.3 is 10.1 Å². The van der Waals surface area contributed by atoms with Gasteiger partial charge in [-0.3, -0.25) is 0 Å². The summed E-state index contributed by atoms with van der Waals surface area (Å²) in [6, 6.07) is 0. The normalized spacial score (nSPS) is 18.6. The molecule has 0 amide bonds. The molecule has 1 heterocycles. The third-order valence-corrected chi connectivity index (χ3v) is 1.41. The fraction of sp³-hybridized carbons (Fsp3) is 0.286. The van der Waals surface area contributed by atoms with Crippen LogP contribution in [0.1, 0.15) is 13.8 Å². The van der Waals surface area contributed by atoms with E-state index in [1.54, 1.807) is 13.8 Å². The monoisotopic (exact) mass is 139 g/mol. The van der Waals surface area contributed by atoms with Crippen molar-refractivity contribution >= 4 is 5.97 Å². The second-order valence-electron chi connectivity index (χ2n) is 2.19. The van der Waals surface area contributed by atoms with Crippen molar-refractivity contribution in [3.05, 3.63) is 23.7 Å². The number of nitrogens with one attached hydrogen (secondary N) is 1. The molecule has 0 spiro atoms. The molecular formula is C7H9NO2. The van der Waals surface area contributed by atoms with Gasteiger partial charge in [0.05, 0.1) is 5.57 Å². The summed E-state index contributed by atoms with van der Waals surface area (Å²) >= 11 is 0. The molecule has 3 nitrogen and oxygen atoms in total. The van der Waals surface area contributed by atoms with Gasteiger partial charge in [0.1, 0.15) is 0 Å². The Morgan fingerprint density at radius 1 is 1.50 bits per heavy atom. The molecule has 1 aliphatic heterocycles. The topological polar surface area (TPSA) is 38.3 Å². The molecule has 0 aromatic carbocycles. The molecule has 1 rings (SSSR count). The van der Waals surface area contributed by atoms with Gasteiger partial charge >= 0.3 is 5.97 Å². The van der Waals surface area contributed by atoms with Gasteiger partial charge in [-0.1, -0.05) is 0 Å².